The van der Waals surface area contributed by atoms with Crippen molar-refractivity contribution >= 4 is 21.8 Å². The van der Waals surface area contributed by atoms with Crippen molar-refractivity contribution in [3.63, 3.8) is 0 Å². The Hall–Kier alpha value is -1.55. The predicted molar refractivity (Wildman–Crippen MR) is 73.0 cm³/mol. The molecule has 2 rings (SSSR count). The van der Waals surface area contributed by atoms with Crippen LogP contribution in [-0.4, -0.2) is 5.91 Å². The summed E-state index contributed by atoms with van der Waals surface area (Å²) in [6.07, 6.45) is 2.82. The van der Waals surface area contributed by atoms with Gasteiger partial charge in [0.05, 0.1) is 12.8 Å². The van der Waals surface area contributed by atoms with E-state index in [0.717, 1.165) is 22.2 Å². The van der Waals surface area contributed by atoms with E-state index in [4.69, 9.17) is 4.42 Å². The number of hydrogen-bond acceptors (Lipinski definition) is 2. The van der Waals surface area contributed by atoms with Gasteiger partial charge in [-0.05, 0) is 36.2 Å². The molecule has 2 aromatic rings. The largest absolute Gasteiger partial charge is 0.467 e. The zero-order valence-corrected chi connectivity index (χ0v) is 11.4. The van der Waals surface area contributed by atoms with Gasteiger partial charge in [-0.15, -0.1) is 0 Å². The number of rotatable bonds is 5. The van der Waals surface area contributed by atoms with Crippen LogP contribution in [0.4, 0.5) is 0 Å². The fourth-order valence-corrected chi connectivity index (χ4v) is 2.08. The molecule has 0 spiro atoms. The molecule has 0 radical (unpaired) electrons. The summed E-state index contributed by atoms with van der Waals surface area (Å²) < 4.78 is 6.18. The van der Waals surface area contributed by atoms with E-state index >= 15 is 0 Å². The van der Waals surface area contributed by atoms with E-state index in [1.807, 2.05) is 36.4 Å². The molecule has 0 aliphatic rings. The predicted octanol–water partition coefficient (Wildman–Crippen LogP) is 3.29. The molecule has 0 fully saturated rings. The Morgan fingerprint density at radius 2 is 2.17 bits per heavy atom. The molecule has 0 unspecified atom stereocenters. The molecule has 1 aromatic heterocycles. The molecule has 1 heterocycles. The molecule has 0 saturated heterocycles. The molecular formula is C14H14BrNO2. The molecule has 0 bridgehead atoms. The standard InChI is InChI=1S/C14H14BrNO2/c15-12-4-1-3-11(9-12)6-7-14(17)16-10-13-5-2-8-18-13/h1-5,8-9H,6-7,10H2,(H,16,17). The van der Waals surface area contributed by atoms with Crippen LogP contribution in [0.2, 0.25) is 0 Å². The Balaban J connectivity index is 1.75. The van der Waals surface area contributed by atoms with Gasteiger partial charge in [-0.25, -0.2) is 0 Å². The molecule has 0 atom stereocenters. The lowest BCUT2D eigenvalue weighted by Crippen LogP contribution is -2.22. The number of furan rings is 1. The molecule has 3 nitrogen and oxygen atoms in total. The number of halogens is 1. The molecule has 18 heavy (non-hydrogen) atoms. The van der Waals surface area contributed by atoms with E-state index < -0.39 is 0 Å². The monoisotopic (exact) mass is 307 g/mol. The number of hydrogen-bond donors (Lipinski definition) is 1. The van der Waals surface area contributed by atoms with Gasteiger partial charge >= 0.3 is 0 Å². The van der Waals surface area contributed by atoms with Crippen LogP contribution in [0, 0.1) is 0 Å². The first-order chi connectivity index (χ1) is 8.74. The third-order valence-corrected chi connectivity index (χ3v) is 3.06. The van der Waals surface area contributed by atoms with Crippen molar-refractivity contribution < 1.29 is 9.21 Å². The molecule has 0 saturated carbocycles. The zero-order chi connectivity index (χ0) is 12.8. The van der Waals surface area contributed by atoms with Crippen LogP contribution in [0.1, 0.15) is 17.7 Å². The van der Waals surface area contributed by atoms with Gasteiger partial charge < -0.3 is 9.73 Å². The summed E-state index contributed by atoms with van der Waals surface area (Å²) in [5.74, 6) is 0.803. The first-order valence-electron chi connectivity index (χ1n) is 5.77. The second kappa shape index (κ2) is 6.40. The van der Waals surface area contributed by atoms with E-state index in [9.17, 15) is 4.79 Å². The summed E-state index contributed by atoms with van der Waals surface area (Å²) in [6.45, 7) is 0.449. The van der Waals surface area contributed by atoms with E-state index in [2.05, 4.69) is 21.2 Å². The quantitative estimate of drug-likeness (QED) is 0.921. The highest BCUT2D eigenvalue weighted by molar-refractivity contribution is 9.10. The highest BCUT2D eigenvalue weighted by Gasteiger charge is 2.03. The molecule has 4 heteroatoms. The minimum Gasteiger partial charge on any atom is -0.467 e. The zero-order valence-electron chi connectivity index (χ0n) is 9.86. The maximum atomic E-state index is 11.6. The highest BCUT2D eigenvalue weighted by Crippen LogP contribution is 2.12. The third-order valence-electron chi connectivity index (χ3n) is 2.57. The topological polar surface area (TPSA) is 42.2 Å². The van der Waals surface area contributed by atoms with Crippen LogP contribution in [0.5, 0.6) is 0 Å². The molecule has 1 amide bonds. The number of carbonyl (C=O) groups excluding carboxylic acids is 1. The van der Waals surface area contributed by atoms with E-state index in [1.165, 1.54) is 0 Å². The lowest BCUT2D eigenvalue weighted by atomic mass is 10.1. The highest BCUT2D eigenvalue weighted by atomic mass is 79.9. The van der Waals surface area contributed by atoms with Gasteiger partial charge in [-0.1, -0.05) is 28.1 Å². The lowest BCUT2D eigenvalue weighted by molar-refractivity contribution is -0.121. The van der Waals surface area contributed by atoms with Crippen molar-refractivity contribution in [1.82, 2.24) is 5.32 Å². The Kier molecular flexibility index (Phi) is 4.59. The number of benzene rings is 1. The average Bonchev–Trinajstić information content (AvgIpc) is 2.87. The van der Waals surface area contributed by atoms with Crippen molar-refractivity contribution in [3.8, 4) is 0 Å². The fraction of sp³-hybridized carbons (Fsp3) is 0.214. The van der Waals surface area contributed by atoms with Gasteiger partial charge in [0.1, 0.15) is 5.76 Å². The van der Waals surface area contributed by atoms with Crippen molar-refractivity contribution in [2.24, 2.45) is 0 Å². The van der Waals surface area contributed by atoms with E-state index in [-0.39, 0.29) is 5.91 Å². The van der Waals surface area contributed by atoms with Crippen molar-refractivity contribution in [2.45, 2.75) is 19.4 Å². The second-order valence-electron chi connectivity index (χ2n) is 3.99. The minimum atomic E-state index is 0.0337. The van der Waals surface area contributed by atoms with Gasteiger partial charge in [0.2, 0.25) is 5.91 Å². The minimum absolute atomic E-state index is 0.0337. The number of amides is 1. The van der Waals surface area contributed by atoms with E-state index in [0.29, 0.717) is 13.0 Å². The molecule has 94 valence electrons. The second-order valence-corrected chi connectivity index (χ2v) is 4.90. The summed E-state index contributed by atoms with van der Waals surface area (Å²) >= 11 is 3.41. The summed E-state index contributed by atoms with van der Waals surface area (Å²) in [5, 5.41) is 2.83. The van der Waals surface area contributed by atoms with Gasteiger partial charge in [-0.2, -0.15) is 0 Å². The Labute approximate surface area is 114 Å². The molecule has 0 aliphatic carbocycles. The van der Waals surface area contributed by atoms with Crippen LogP contribution in [0.25, 0.3) is 0 Å². The Bertz CT molecular complexity index is 508. The maximum absolute atomic E-state index is 11.6. The fourth-order valence-electron chi connectivity index (χ4n) is 1.64. The van der Waals surface area contributed by atoms with Crippen LogP contribution in [0.15, 0.2) is 51.6 Å². The molecular weight excluding hydrogens is 294 g/mol. The van der Waals surface area contributed by atoms with Crippen molar-refractivity contribution in [1.29, 1.82) is 0 Å². The summed E-state index contributed by atoms with van der Waals surface area (Å²) in [4.78, 5) is 11.6. The first kappa shape index (κ1) is 12.9. The normalized spacial score (nSPS) is 10.3. The number of carbonyl (C=O) groups is 1. The lowest BCUT2D eigenvalue weighted by Gasteiger charge is -2.04. The summed E-state index contributed by atoms with van der Waals surface area (Å²) in [6, 6.07) is 11.6. The number of aryl methyl sites for hydroxylation is 1. The average molecular weight is 308 g/mol. The third kappa shape index (κ3) is 4.04. The number of nitrogens with one attached hydrogen (secondary N) is 1. The Morgan fingerprint density at radius 3 is 2.89 bits per heavy atom. The van der Waals surface area contributed by atoms with Crippen LogP contribution in [-0.2, 0) is 17.8 Å². The Morgan fingerprint density at radius 1 is 1.28 bits per heavy atom. The van der Waals surface area contributed by atoms with Crippen molar-refractivity contribution in [2.75, 3.05) is 0 Å². The SMILES string of the molecule is O=C(CCc1cccc(Br)c1)NCc1ccco1. The first-order valence-corrected chi connectivity index (χ1v) is 6.57. The molecule has 0 aliphatic heterocycles. The van der Waals surface area contributed by atoms with Crippen molar-refractivity contribution in [3.05, 3.63) is 58.5 Å². The van der Waals surface area contributed by atoms with Gasteiger partial charge in [0, 0.05) is 10.9 Å². The van der Waals surface area contributed by atoms with Crippen LogP contribution >= 0.6 is 15.9 Å². The van der Waals surface area contributed by atoms with Gasteiger partial charge in [-0.3, -0.25) is 4.79 Å². The van der Waals surface area contributed by atoms with Gasteiger partial charge in [0.25, 0.3) is 0 Å². The van der Waals surface area contributed by atoms with Crippen LogP contribution < -0.4 is 5.32 Å². The smallest absolute Gasteiger partial charge is 0.220 e. The van der Waals surface area contributed by atoms with E-state index in [1.54, 1.807) is 6.26 Å². The van der Waals surface area contributed by atoms with Gasteiger partial charge in [0.15, 0.2) is 0 Å². The van der Waals surface area contributed by atoms with Crippen LogP contribution in [0.3, 0.4) is 0 Å². The summed E-state index contributed by atoms with van der Waals surface area (Å²) in [5.41, 5.74) is 1.15. The summed E-state index contributed by atoms with van der Waals surface area (Å²) in [7, 11) is 0. The molecule has 1 aromatic carbocycles. The molecule has 1 N–H and O–H groups in total. The maximum Gasteiger partial charge on any atom is 0.220 e.